The van der Waals surface area contributed by atoms with Crippen molar-refractivity contribution >= 4 is 34.2 Å². The maximum atomic E-state index is 13.2. The normalized spacial score (nSPS) is 12.8. The molecule has 21 heavy (non-hydrogen) atoms. The number of rotatable bonds is 3. The van der Waals surface area contributed by atoms with Crippen LogP contribution in [0.15, 0.2) is 46.9 Å². The fraction of sp³-hybridized carbons (Fsp3) is 0.125. The van der Waals surface area contributed by atoms with E-state index in [2.05, 4.69) is 0 Å². The molecule has 0 fully saturated rings. The first kappa shape index (κ1) is 14.4. The number of hydrogen-bond donors (Lipinski definition) is 1. The van der Waals surface area contributed by atoms with Gasteiger partial charge in [0, 0.05) is 15.4 Å². The maximum absolute atomic E-state index is 13.2. The van der Waals surface area contributed by atoms with Gasteiger partial charge in [0.25, 0.3) is 0 Å². The van der Waals surface area contributed by atoms with Gasteiger partial charge in [-0.2, -0.15) is 0 Å². The lowest BCUT2D eigenvalue weighted by Crippen LogP contribution is -2.13. The third-order valence-corrected chi connectivity index (χ3v) is 4.06. The molecule has 0 aliphatic rings. The Morgan fingerprint density at radius 3 is 2.52 bits per heavy atom. The van der Waals surface area contributed by atoms with Crippen molar-refractivity contribution < 1.29 is 8.81 Å². The highest BCUT2D eigenvalue weighted by atomic mass is 35.5. The maximum Gasteiger partial charge on any atom is 0.134 e. The van der Waals surface area contributed by atoms with Crippen molar-refractivity contribution in [2.75, 3.05) is 0 Å². The first-order valence-corrected chi connectivity index (χ1v) is 7.17. The fourth-order valence-corrected chi connectivity index (χ4v) is 2.82. The van der Waals surface area contributed by atoms with Crippen LogP contribution in [-0.2, 0) is 6.42 Å². The largest absolute Gasteiger partial charge is 0.459 e. The number of benzene rings is 2. The number of nitrogens with two attached hydrogens (primary N) is 1. The van der Waals surface area contributed by atoms with Gasteiger partial charge in [-0.15, -0.1) is 0 Å². The Morgan fingerprint density at radius 2 is 1.81 bits per heavy atom. The molecule has 0 aliphatic heterocycles. The summed E-state index contributed by atoms with van der Waals surface area (Å²) < 4.78 is 18.9. The van der Waals surface area contributed by atoms with Crippen LogP contribution in [0.5, 0.6) is 0 Å². The summed E-state index contributed by atoms with van der Waals surface area (Å²) in [6.45, 7) is 0. The monoisotopic (exact) mass is 323 g/mol. The first-order valence-electron chi connectivity index (χ1n) is 6.42. The molecule has 3 rings (SSSR count). The van der Waals surface area contributed by atoms with E-state index in [0.717, 1.165) is 5.56 Å². The molecule has 0 aliphatic carbocycles. The summed E-state index contributed by atoms with van der Waals surface area (Å²) in [5, 5.41) is 1.82. The van der Waals surface area contributed by atoms with Crippen LogP contribution >= 0.6 is 23.2 Å². The van der Waals surface area contributed by atoms with Gasteiger partial charge >= 0.3 is 0 Å². The Bertz CT molecular complexity index is 780. The third-order valence-electron chi connectivity index (χ3n) is 3.35. The van der Waals surface area contributed by atoms with E-state index in [1.54, 1.807) is 30.3 Å². The molecule has 1 aromatic heterocycles. The van der Waals surface area contributed by atoms with Gasteiger partial charge in [0.15, 0.2) is 0 Å². The van der Waals surface area contributed by atoms with Gasteiger partial charge in [0.05, 0.1) is 6.04 Å². The summed E-state index contributed by atoms with van der Waals surface area (Å²) in [5.41, 5.74) is 7.54. The van der Waals surface area contributed by atoms with Gasteiger partial charge in [0.2, 0.25) is 0 Å². The van der Waals surface area contributed by atoms with E-state index in [9.17, 15) is 4.39 Å². The molecule has 0 saturated heterocycles. The number of fused-ring (bicyclic) bond motifs is 1. The molecule has 108 valence electrons. The Kier molecular flexibility index (Phi) is 3.89. The van der Waals surface area contributed by atoms with E-state index < -0.39 is 6.04 Å². The van der Waals surface area contributed by atoms with Crippen molar-refractivity contribution in [1.29, 1.82) is 0 Å². The molecular formula is C16H12Cl2FNO. The van der Waals surface area contributed by atoms with Gasteiger partial charge in [-0.3, -0.25) is 0 Å². The highest BCUT2D eigenvalue weighted by molar-refractivity contribution is 6.36. The van der Waals surface area contributed by atoms with Gasteiger partial charge < -0.3 is 10.2 Å². The standard InChI is InChI=1S/C16H12Cl2FNO/c17-12-2-1-3-13(18)11(12)8-14(20)16-7-9-6-10(19)4-5-15(9)21-16/h1-7,14H,8,20H2. The van der Waals surface area contributed by atoms with E-state index in [-0.39, 0.29) is 5.82 Å². The van der Waals surface area contributed by atoms with Gasteiger partial charge in [-0.25, -0.2) is 4.39 Å². The van der Waals surface area contributed by atoms with Crippen molar-refractivity contribution in [3.63, 3.8) is 0 Å². The minimum Gasteiger partial charge on any atom is -0.459 e. The summed E-state index contributed by atoms with van der Waals surface area (Å²) in [5.74, 6) is 0.268. The zero-order valence-corrected chi connectivity index (χ0v) is 12.5. The lowest BCUT2D eigenvalue weighted by atomic mass is 10.0. The third kappa shape index (κ3) is 2.91. The van der Waals surface area contributed by atoms with E-state index in [4.69, 9.17) is 33.4 Å². The summed E-state index contributed by atoms with van der Waals surface area (Å²) in [7, 11) is 0. The lowest BCUT2D eigenvalue weighted by molar-refractivity contribution is 0.494. The summed E-state index contributed by atoms with van der Waals surface area (Å²) in [6.07, 6.45) is 0.445. The molecule has 1 atom stereocenters. The van der Waals surface area contributed by atoms with E-state index in [1.807, 2.05) is 0 Å². The fourth-order valence-electron chi connectivity index (χ4n) is 2.27. The summed E-state index contributed by atoms with van der Waals surface area (Å²) >= 11 is 12.3. The molecule has 0 bridgehead atoms. The molecule has 1 heterocycles. The van der Waals surface area contributed by atoms with E-state index in [0.29, 0.717) is 33.2 Å². The Labute approximate surface area is 131 Å². The summed E-state index contributed by atoms with van der Waals surface area (Å²) in [6, 6.07) is 11.0. The minimum absolute atomic E-state index is 0.308. The number of hydrogen-bond acceptors (Lipinski definition) is 2. The average molecular weight is 324 g/mol. The zero-order chi connectivity index (χ0) is 15.0. The SMILES string of the molecule is NC(Cc1c(Cl)cccc1Cl)c1cc2cc(F)ccc2o1. The van der Waals surface area contributed by atoms with Gasteiger partial charge in [0.1, 0.15) is 17.2 Å². The van der Waals surface area contributed by atoms with Crippen molar-refractivity contribution in [1.82, 2.24) is 0 Å². The highest BCUT2D eigenvalue weighted by Crippen LogP contribution is 2.30. The topological polar surface area (TPSA) is 39.2 Å². The van der Waals surface area contributed by atoms with Gasteiger partial charge in [-0.05, 0) is 48.4 Å². The second kappa shape index (κ2) is 5.68. The minimum atomic E-state index is -0.405. The molecule has 1 unspecified atom stereocenters. The van der Waals surface area contributed by atoms with Gasteiger partial charge in [-0.1, -0.05) is 29.3 Å². The molecule has 2 aromatic carbocycles. The lowest BCUT2D eigenvalue weighted by Gasteiger charge is -2.11. The number of furan rings is 1. The second-order valence-electron chi connectivity index (χ2n) is 4.84. The Balaban J connectivity index is 1.91. The Hall–Kier alpha value is -1.55. The smallest absolute Gasteiger partial charge is 0.134 e. The van der Waals surface area contributed by atoms with Crippen LogP contribution in [-0.4, -0.2) is 0 Å². The second-order valence-corrected chi connectivity index (χ2v) is 5.66. The molecule has 5 heteroatoms. The first-order chi connectivity index (χ1) is 10.0. The quantitative estimate of drug-likeness (QED) is 0.726. The molecule has 0 spiro atoms. The molecule has 0 saturated carbocycles. The average Bonchev–Trinajstić information content (AvgIpc) is 2.86. The van der Waals surface area contributed by atoms with Crippen molar-refractivity contribution in [2.24, 2.45) is 5.73 Å². The van der Waals surface area contributed by atoms with Crippen molar-refractivity contribution in [3.05, 3.63) is 69.7 Å². The summed E-state index contributed by atoms with van der Waals surface area (Å²) in [4.78, 5) is 0. The molecule has 2 N–H and O–H groups in total. The van der Waals surface area contributed by atoms with Crippen LogP contribution in [0.4, 0.5) is 4.39 Å². The molecule has 2 nitrogen and oxygen atoms in total. The van der Waals surface area contributed by atoms with Crippen molar-refractivity contribution in [3.8, 4) is 0 Å². The number of halogens is 3. The van der Waals surface area contributed by atoms with Crippen molar-refractivity contribution in [2.45, 2.75) is 12.5 Å². The van der Waals surface area contributed by atoms with Crippen LogP contribution in [0.1, 0.15) is 17.4 Å². The van der Waals surface area contributed by atoms with Crippen LogP contribution < -0.4 is 5.73 Å². The molecule has 3 aromatic rings. The predicted molar refractivity (Wildman–Crippen MR) is 83.3 cm³/mol. The van der Waals surface area contributed by atoms with E-state index in [1.165, 1.54) is 12.1 Å². The van der Waals surface area contributed by atoms with Crippen LogP contribution in [0.3, 0.4) is 0 Å². The molecular weight excluding hydrogens is 312 g/mol. The highest BCUT2D eigenvalue weighted by Gasteiger charge is 2.16. The predicted octanol–water partition coefficient (Wildman–Crippen LogP) is 5.12. The Morgan fingerprint density at radius 1 is 1.10 bits per heavy atom. The zero-order valence-electron chi connectivity index (χ0n) is 10.9. The van der Waals surface area contributed by atoms with Crippen LogP contribution in [0.25, 0.3) is 11.0 Å². The van der Waals surface area contributed by atoms with Crippen LogP contribution in [0.2, 0.25) is 10.0 Å². The molecule has 0 amide bonds. The van der Waals surface area contributed by atoms with E-state index >= 15 is 0 Å². The van der Waals surface area contributed by atoms with Crippen LogP contribution in [0, 0.1) is 5.82 Å². The molecule has 0 radical (unpaired) electrons.